The lowest BCUT2D eigenvalue weighted by atomic mass is 9.86. The predicted molar refractivity (Wildman–Crippen MR) is 124 cm³/mol. The first-order valence-electron chi connectivity index (χ1n) is 11.4. The Morgan fingerprint density at radius 3 is 2.23 bits per heavy atom. The van der Waals surface area contributed by atoms with Crippen molar-refractivity contribution in [3.05, 3.63) is 59.7 Å². The number of hydrogen-bond acceptors (Lipinski definition) is 5. The maximum Gasteiger partial charge on any atom is 0.407 e. The Morgan fingerprint density at radius 1 is 1.09 bits per heavy atom. The minimum absolute atomic E-state index is 0.0449. The van der Waals surface area contributed by atoms with Crippen molar-refractivity contribution in [2.45, 2.75) is 37.6 Å². The van der Waals surface area contributed by atoms with Crippen LogP contribution in [0.1, 0.15) is 30.1 Å². The molecule has 2 aliphatic rings. The molecule has 0 bridgehead atoms. The van der Waals surface area contributed by atoms with Crippen LogP contribution in [0.15, 0.2) is 48.5 Å². The van der Waals surface area contributed by atoms with E-state index in [-0.39, 0.29) is 24.7 Å². The maximum atomic E-state index is 13.9. The van der Waals surface area contributed by atoms with Crippen molar-refractivity contribution in [3.63, 3.8) is 0 Å². The molecular formula is C25H29F2N3O5. The summed E-state index contributed by atoms with van der Waals surface area (Å²) in [6.07, 6.45) is -0.0227. The molecule has 4 rings (SSSR count). The number of likely N-dealkylation sites (tertiary alicyclic amines) is 1. The van der Waals surface area contributed by atoms with Crippen molar-refractivity contribution < 1.29 is 33.0 Å². The van der Waals surface area contributed by atoms with E-state index in [1.807, 2.05) is 41.1 Å². The van der Waals surface area contributed by atoms with Gasteiger partial charge in [-0.1, -0.05) is 24.3 Å². The van der Waals surface area contributed by atoms with Crippen molar-refractivity contribution in [2.75, 3.05) is 33.8 Å². The molecule has 1 unspecified atom stereocenters. The summed E-state index contributed by atoms with van der Waals surface area (Å²) in [4.78, 5) is 30.4. The Labute approximate surface area is 202 Å². The van der Waals surface area contributed by atoms with Gasteiger partial charge in [0.15, 0.2) is 0 Å². The van der Waals surface area contributed by atoms with Gasteiger partial charge in [-0.05, 0) is 61.7 Å². The molecule has 0 radical (unpaired) electrons. The van der Waals surface area contributed by atoms with Crippen molar-refractivity contribution in [1.29, 1.82) is 0 Å². The van der Waals surface area contributed by atoms with Crippen LogP contribution in [0.25, 0.3) is 0 Å². The standard InChI is InChI=1S/C25H29F2N3O5/c1-28-21(18-5-9-20(10-6-18)35-23(26)27)30(14-11-17-3-7-19(34-2)8-4-17)22(31)25(28)12-15-29(16-13-25)24(32)33/h3-10,21,23H,11-16H2,1-2H3,(H,32,33). The Balaban J connectivity index is 1.60. The highest BCUT2D eigenvalue weighted by Gasteiger charge is 2.57. The van der Waals surface area contributed by atoms with E-state index in [0.29, 0.717) is 25.8 Å². The summed E-state index contributed by atoms with van der Waals surface area (Å²) < 4.78 is 34.9. The van der Waals surface area contributed by atoms with E-state index in [1.165, 1.54) is 17.0 Å². The van der Waals surface area contributed by atoms with E-state index >= 15 is 0 Å². The SMILES string of the molecule is COc1ccc(CCN2C(=O)C3(CCN(C(=O)O)CC3)N(C)C2c2ccc(OC(F)F)cc2)cc1. The number of likely N-dealkylation sites (N-methyl/N-ethyl adjacent to an activating group) is 1. The highest BCUT2D eigenvalue weighted by molar-refractivity contribution is 5.89. The zero-order chi connectivity index (χ0) is 25.2. The molecule has 1 spiro atoms. The molecule has 0 aliphatic carbocycles. The minimum Gasteiger partial charge on any atom is -0.497 e. The smallest absolute Gasteiger partial charge is 0.407 e. The molecule has 2 aliphatic heterocycles. The third-order valence-corrected chi connectivity index (χ3v) is 7.06. The Bertz CT molecular complexity index is 1040. The van der Waals surface area contributed by atoms with E-state index in [0.717, 1.165) is 16.9 Å². The van der Waals surface area contributed by atoms with Gasteiger partial charge >= 0.3 is 12.7 Å². The summed E-state index contributed by atoms with van der Waals surface area (Å²) in [6.45, 7) is -1.93. The van der Waals surface area contributed by atoms with Crippen LogP contribution < -0.4 is 9.47 Å². The molecule has 2 heterocycles. The van der Waals surface area contributed by atoms with E-state index in [2.05, 4.69) is 4.74 Å². The molecule has 2 amide bonds. The van der Waals surface area contributed by atoms with Crippen LogP contribution >= 0.6 is 0 Å². The average molecular weight is 490 g/mol. The van der Waals surface area contributed by atoms with Crippen molar-refractivity contribution >= 4 is 12.0 Å². The van der Waals surface area contributed by atoms with E-state index in [9.17, 15) is 23.5 Å². The van der Waals surface area contributed by atoms with Crippen LogP contribution in [0.3, 0.4) is 0 Å². The zero-order valence-electron chi connectivity index (χ0n) is 19.7. The number of nitrogens with zero attached hydrogens (tertiary/aromatic N) is 3. The summed E-state index contributed by atoms with van der Waals surface area (Å²) in [6, 6.07) is 14.0. The number of benzene rings is 2. The van der Waals surface area contributed by atoms with Crippen molar-refractivity contribution in [1.82, 2.24) is 14.7 Å². The summed E-state index contributed by atoms with van der Waals surface area (Å²) in [7, 11) is 3.47. The first-order valence-corrected chi connectivity index (χ1v) is 11.4. The fourth-order valence-electron chi connectivity index (χ4n) is 5.10. The zero-order valence-corrected chi connectivity index (χ0v) is 19.7. The molecule has 35 heavy (non-hydrogen) atoms. The number of carbonyl (C=O) groups excluding carboxylic acids is 1. The Hall–Kier alpha value is -3.40. The van der Waals surface area contributed by atoms with Crippen LogP contribution in [-0.4, -0.2) is 77.7 Å². The maximum absolute atomic E-state index is 13.9. The third-order valence-electron chi connectivity index (χ3n) is 7.06. The van der Waals surface area contributed by atoms with E-state index in [4.69, 9.17) is 4.74 Å². The third kappa shape index (κ3) is 4.88. The lowest BCUT2D eigenvalue weighted by Gasteiger charge is -2.41. The van der Waals surface area contributed by atoms with E-state index in [1.54, 1.807) is 19.2 Å². The monoisotopic (exact) mass is 489 g/mol. The number of hydrogen-bond donors (Lipinski definition) is 1. The number of halogens is 2. The van der Waals surface area contributed by atoms with Crippen LogP contribution in [0.5, 0.6) is 11.5 Å². The molecule has 8 nitrogen and oxygen atoms in total. The first-order chi connectivity index (χ1) is 16.7. The predicted octanol–water partition coefficient (Wildman–Crippen LogP) is 3.82. The number of ether oxygens (including phenoxy) is 2. The largest absolute Gasteiger partial charge is 0.497 e. The molecule has 188 valence electrons. The van der Waals surface area contributed by atoms with Gasteiger partial charge in [0.2, 0.25) is 5.91 Å². The van der Waals surface area contributed by atoms with Crippen LogP contribution in [0.2, 0.25) is 0 Å². The Kier molecular flexibility index (Phi) is 7.11. The van der Waals surface area contributed by atoms with Gasteiger partial charge in [-0.25, -0.2) is 4.79 Å². The van der Waals surface area contributed by atoms with Gasteiger partial charge in [0.1, 0.15) is 23.2 Å². The van der Waals surface area contributed by atoms with Crippen LogP contribution in [0.4, 0.5) is 13.6 Å². The van der Waals surface area contributed by atoms with E-state index < -0.39 is 24.4 Å². The molecular weight excluding hydrogens is 460 g/mol. The quantitative estimate of drug-likeness (QED) is 0.637. The molecule has 0 saturated carbocycles. The summed E-state index contributed by atoms with van der Waals surface area (Å²) in [5.74, 6) is 0.750. The molecule has 2 aromatic rings. The molecule has 2 aromatic carbocycles. The van der Waals surface area contributed by atoms with Crippen molar-refractivity contribution in [2.24, 2.45) is 0 Å². The van der Waals surface area contributed by atoms with Crippen LogP contribution in [-0.2, 0) is 11.2 Å². The summed E-state index contributed by atoms with van der Waals surface area (Å²) in [5.41, 5.74) is 0.992. The molecule has 1 N–H and O–H groups in total. The molecule has 2 saturated heterocycles. The number of alkyl halides is 2. The van der Waals surface area contributed by atoms with Gasteiger partial charge in [-0.2, -0.15) is 8.78 Å². The number of piperidine rings is 1. The molecule has 0 aromatic heterocycles. The lowest BCUT2D eigenvalue weighted by molar-refractivity contribution is -0.135. The Morgan fingerprint density at radius 2 is 1.69 bits per heavy atom. The fourth-order valence-corrected chi connectivity index (χ4v) is 5.10. The normalized spacial score (nSPS) is 20.0. The highest BCUT2D eigenvalue weighted by Crippen LogP contribution is 2.45. The second kappa shape index (κ2) is 10.1. The first kappa shape index (κ1) is 24.7. The number of carbonyl (C=O) groups is 2. The van der Waals surface area contributed by atoms with Gasteiger partial charge in [0, 0.05) is 19.6 Å². The van der Waals surface area contributed by atoms with Crippen LogP contribution in [0, 0.1) is 0 Å². The minimum atomic E-state index is -2.92. The fraction of sp³-hybridized carbons (Fsp3) is 0.440. The molecule has 2 fully saturated rings. The highest BCUT2D eigenvalue weighted by atomic mass is 19.3. The average Bonchev–Trinajstić information content (AvgIpc) is 3.05. The van der Waals surface area contributed by atoms with Gasteiger partial charge in [0.05, 0.1) is 7.11 Å². The second-order valence-electron chi connectivity index (χ2n) is 8.83. The lowest BCUT2D eigenvalue weighted by Crippen LogP contribution is -2.56. The molecule has 1 atom stereocenters. The van der Waals surface area contributed by atoms with Gasteiger partial charge in [-0.3, -0.25) is 9.69 Å². The number of amides is 2. The summed E-state index contributed by atoms with van der Waals surface area (Å²) >= 11 is 0. The number of rotatable bonds is 7. The van der Waals surface area contributed by atoms with Gasteiger partial charge < -0.3 is 24.4 Å². The molecule has 10 heteroatoms. The second-order valence-corrected chi connectivity index (χ2v) is 8.83. The van der Waals surface area contributed by atoms with Crippen molar-refractivity contribution in [3.8, 4) is 11.5 Å². The van der Waals surface area contributed by atoms with Gasteiger partial charge in [-0.15, -0.1) is 0 Å². The number of methoxy groups -OCH3 is 1. The topological polar surface area (TPSA) is 82.5 Å². The summed E-state index contributed by atoms with van der Waals surface area (Å²) in [5, 5.41) is 9.36. The van der Waals surface area contributed by atoms with Gasteiger partial charge in [0.25, 0.3) is 0 Å². The number of carboxylic acid groups (broad SMARTS) is 1.